The number of aromatic nitrogens is 1. The van der Waals surface area contributed by atoms with Crippen LogP contribution in [0.1, 0.15) is 52.3 Å². The second-order valence-corrected chi connectivity index (χ2v) is 8.77. The highest BCUT2D eigenvalue weighted by Gasteiger charge is 2.28. The SMILES string of the molecule is CCc1ccc(CN2CCc3c(C(=O)N4CCCOC(C)C4)csc3C2)nc1. The van der Waals surface area contributed by atoms with Gasteiger partial charge in [-0.2, -0.15) is 0 Å². The summed E-state index contributed by atoms with van der Waals surface area (Å²) in [5.74, 6) is 0.181. The largest absolute Gasteiger partial charge is 0.377 e. The van der Waals surface area contributed by atoms with Crippen LogP contribution in [0.3, 0.4) is 0 Å². The van der Waals surface area contributed by atoms with Crippen molar-refractivity contribution >= 4 is 17.2 Å². The third-order valence-corrected chi connectivity index (χ3v) is 6.69. The molecule has 0 saturated carbocycles. The number of rotatable bonds is 4. The Morgan fingerprint density at radius 3 is 3.04 bits per heavy atom. The van der Waals surface area contributed by atoms with Gasteiger partial charge in [0.2, 0.25) is 0 Å². The van der Waals surface area contributed by atoms with Crippen LogP contribution in [-0.4, -0.2) is 53.0 Å². The number of carbonyl (C=O) groups is 1. The van der Waals surface area contributed by atoms with Gasteiger partial charge in [0.15, 0.2) is 0 Å². The first-order chi connectivity index (χ1) is 13.6. The van der Waals surface area contributed by atoms with Crippen LogP contribution < -0.4 is 0 Å². The fraction of sp³-hybridized carbons (Fsp3) is 0.545. The van der Waals surface area contributed by atoms with Crippen molar-refractivity contribution in [2.75, 3.05) is 26.2 Å². The molecule has 2 aliphatic heterocycles. The molecule has 1 fully saturated rings. The van der Waals surface area contributed by atoms with Crippen LogP contribution in [0, 0.1) is 0 Å². The normalized spacial score (nSPS) is 20.6. The van der Waals surface area contributed by atoms with Crippen LogP contribution in [0.4, 0.5) is 0 Å². The smallest absolute Gasteiger partial charge is 0.255 e. The zero-order valence-corrected chi connectivity index (χ0v) is 17.6. The lowest BCUT2D eigenvalue weighted by Gasteiger charge is -2.28. The number of hydrogen-bond acceptors (Lipinski definition) is 5. The minimum atomic E-state index is 0.114. The third kappa shape index (κ3) is 4.29. The molecule has 0 aromatic carbocycles. The molecule has 6 heteroatoms. The van der Waals surface area contributed by atoms with Crippen molar-refractivity contribution in [3.05, 3.63) is 51.0 Å². The number of thiophene rings is 1. The van der Waals surface area contributed by atoms with Gasteiger partial charge in [0.05, 0.1) is 17.4 Å². The molecule has 0 spiro atoms. The molecule has 2 aromatic heterocycles. The summed E-state index contributed by atoms with van der Waals surface area (Å²) < 4.78 is 5.69. The Morgan fingerprint density at radius 2 is 2.25 bits per heavy atom. The van der Waals surface area contributed by atoms with Crippen molar-refractivity contribution in [2.45, 2.75) is 52.3 Å². The third-order valence-electron chi connectivity index (χ3n) is 5.68. The van der Waals surface area contributed by atoms with E-state index >= 15 is 0 Å². The molecule has 4 rings (SSSR count). The van der Waals surface area contributed by atoms with Gasteiger partial charge in [0, 0.05) is 55.8 Å². The summed E-state index contributed by atoms with van der Waals surface area (Å²) in [5, 5.41) is 2.07. The number of aryl methyl sites for hydroxylation is 1. The molecule has 1 saturated heterocycles. The molecule has 28 heavy (non-hydrogen) atoms. The van der Waals surface area contributed by atoms with E-state index in [1.54, 1.807) is 11.3 Å². The molecule has 0 aliphatic carbocycles. The van der Waals surface area contributed by atoms with Crippen molar-refractivity contribution < 1.29 is 9.53 Å². The predicted molar refractivity (Wildman–Crippen MR) is 112 cm³/mol. The highest BCUT2D eigenvalue weighted by Crippen LogP contribution is 2.30. The van der Waals surface area contributed by atoms with E-state index in [1.807, 2.05) is 18.0 Å². The zero-order valence-electron chi connectivity index (χ0n) is 16.8. The van der Waals surface area contributed by atoms with Gasteiger partial charge in [-0.15, -0.1) is 11.3 Å². The fourth-order valence-electron chi connectivity index (χ4n) is 4.03. The van der Waals surface area contributed by atoms with Crippen LogP contribution in [0.2, 0.25) is 0 Å². The summed E-state index contributed by atoms with van der Waals surface area (Å²) in [5.41, 5.74) is 4.57. The Bertz CT molecular complexity index is 818. The Morgan fingerprint density at radius 1 is 1.36 bits per heavy atom. The van der Waals surface area contributed by atoms with E-state index in [0.29, 0.717) is 6.54 Å². The molecule has 0 N–H and O–H groups in total. The minimum Gasteiger partial charge on any atom is -0.377 e. The molecule has 0 bridgehead atoms. The molecule has 2 aromatic rings. The second-order valence-electron chi connectivity index (χ2n) is 7.81. The molecule has 1 amide bonds. The zero-order chi connectivity index (χ0) is 19.5. The minimum absolute atomic E-state index is 0.114. The van der Waals surface area contributed by atoms with E-state index in [1.165, 1.54) is 16.0 Å². The Labute approximate surface area is 171 Å². The molecule has 5 nitrogen and oxygen atoms in total. The number of fused-ring (bicyclic) bond motifs is 1. The van der Waals surface area contributed by atoms with Gasteiger partial charge < -0.3 is 9.64 Å². The van der Waals surface area contributed by atoms with Crippen LogP contribution in [-0.2, 0) is 30.7 Å². The lowest BCUT2D eigenvalue weighted by Crippen LogP contribution is -2.37. The first-order valence-corrected chi connectivity index (χ1v) is 11.2. The number of ether oxygens (including phenoxy) is 1. The van der Waals surface area contributed by atoms with Crippen LogP contribution in [0.15, 0.2) is 23.7 Å². The number of amides is 1. The van der Waals surface area contributed by atoms with Crippen molar-refractivity contribution in [2.24, 2.45) is 0 Å². The van der Waals surface area contributed by atoms with Crippen LogP contribution in [0.5, 0.6) is 0 Å². The molecule has 150 valence electrons. The quantitative estimate of drug-likeness (QED) is 0.789. The van der Waals surface area contributed by atoms with Gasteiger partial charge in [0.25, 0.3) is 5.91 Å². The number of pyridine rings is 1. The predicted octanol–water partition coefficient (Wildman–Crippen LogP) is 3.51. The van der Waals surface area contributed by atoms with E-state index in [2.05, 4.69) is 34.3 Å². The Kier molecular flexibility index (Phi) is 6.09. The number of hydrogen-bond donors (Lipinski definition) is 0. The summed E-state index contributed by atoms with van der Waals surface area (Å²) in [7, 11) is 0. The fourth-order valence-corrected chi connectivity index (χ4v) is 5.15. The van der Waals surface area contributed by atoms with Crippen LogP contribution in [0.25, 0.3) is 0 Å². The molecular formula is C22H29N3O2S. The summed E-state index contributed by atoms with van der Waals surface area (Å²) >= 11 is 1.73. The standard InChI is InChI=1S/C22H29N3O2S/c1-3-17-5-6-18(23-11-17)13-24-9-7-19-20(15-28-21(19)14-24)22(26)25-8-4-10-27-16(2)12-25/h5-6,11,15-16H,3-4,7-10,12-14H2,1-2H3. The van der Waals surface area contributed by atoms with Crippen molar-refractivity contribution in [3.63, 3.8) is 0 Å². The van der Waals surface area contributed by atoms with E-state index in [-0.39, 0.29) is 12.0 Å². The van der Waals surface area contributed by atoms with Crippen molar-refractivity contribution in [3.8, 4) is 0 Å². The van der Waals surface area contributed by atoms with Gasteiger partial charge in [-0.1, -0.05) is 13.0 Å². The maximum Gasteiger partial charge on any atom is 0.255 e. The summed E-state index contributed by atoms with van der Waals surface area (Å²) in [6, 6.07) is 4.31. The Balaban J connectivity index is 1.43. The van der Waals surface area contributed by atoms with Gasteiger partial charge >= 0.3 is 0 Å². The topological polar surface area (TPSA) is 45.7 Å². The van der Waals surface area contributed by atoms with E-state index in [0.717, 1.165) is 63.3 Å². The molecular weight excluding hydrogens is 370 g/mol. The van der Waals surface area contributed by atoms with E-state index < -0.39 is 0 Å². The molecule has 1 unspecified atom stereocenters. The molecule has 2 aliphatic rings. The van der Waals surface area contributed by atoms with Gasteiger partial charge in [-0.3, -0.25) is 14.7 Å². The highest BCUT2D eigenvalue weighted by atomic mass is 32.1. The first-order valence-electron chi connectivity index (χ1n) is 10.3. The molecule has 4 heterocycles. The lowest BCUT2D eigenvalue weighted by molar-refractivity contribution is 0.0562. The van der Waals surface area contributed by atoms with Gasteiger partial charge in [-0.25, -0.2) is 0 Å². The number of carbonyl (C=O) groups excluding carboxylic acids is 1. The van der Waals surface area contributed by atoms with Crippen LogP contribution >= 0.6 is 11.3 Å². The van der Waals surface area contributed by atoms with E-state index in [4.69, 9.17) is 4.74 Å². The maximum absolute atomic E-state index is 13.1. The molecule has 1 atom stereocenters. The summed E-state index contributed by atoms with van der Waals surface area (Å²) in [6.07, 6.45) is 4.97. The number of nitrogens with zero attached hydrogens (tertiary/aromatic N) is 3. The summed E-state index contributed by atoms with van der Waals surface area (Å²) in [6.45, 7) is 9.17. The summed E-state index contributed by atoms with van der Waals surface area (Å²) in [4.78, 5) is 23.5. The van der Waals surface area contributed by atoms with Crippen molar-refractivity contribution in [1.82, 2.24) is 14.8 Å². The van der Waals surface area contributed by atoms with Crippen molar-refractivity contribution in [1.29, 1.82) is 0 Å². The first kappa shape index (κ1) is 19.6. The van der Waals surface area contributed by atoms with Gasteiger partial charge in [-0.05, 0) is 43.4 Å². The average molecular weight is 400 g/mol. The van der Waals surface area contributed by atoms with Gasteiger partial charge in [0.1, 0.15) is 0 Å². The molecule has 0 radical (unpaired) electrons. The Hall–Kier alpha value is -1.76. The maximum atomic E-state index is 13.1. The monoisotopic (exact) mass is 399 g/mol. The lowest BCUT2D eigenvalue weighted by atomic mass is 10.0. The highest BCUT2D eigenvalue weighted by molar-refractivity contribution is 7.10. The van der Waals surface area contributed by atoms with E-state index in [9.17, 15) is 4.79 Å². The second kappa shape index (κ2) is 8.72. The average Bonchev–Trinajstić information content (AvgIpc) is 3.01.